The van der Waals surface area contributed by atoms with Crippen molar-refractivity contribution < 1.29 is 18.7 Å². The molecule has 1 amide bonds. The average molecular weight is 400 g/mol. The quantitative estimate of drug-likeness (QED) is 0.846. The van der Waals surface area contributed by atoms with Crippen LogP contribution in [0.2, 0.25) is 0 Å². The van der Waals surface area contributed by atoms with Gasteiger partial charge in [0.15, 0.2) is 0 Å². The topological polar surface area (TPSA) is 56.7 Å². The van der Waals surface area contributed by atoms with Crippen molar-refractivity contribution in [2.24, 2.45) is 5.41 Å². The van der Waals surface area contributed by atoms with Crippen molar-refractivity contribution >= 4 is 17.2 Å². The van der Waals surface area contributed by atoms with Gasteiger partial charge in [0.2, 0.25) is 5.91 Å². The predicted octanol–water partition coefficient (Wildman–Crippen LogP) is 2.82. The number of amides is 1. The van der Waals surface area contributed by atoms with Crippen LogP contribution in [0.15, 0.2) is 5.38 Å². The highest BCUT2D eigenvalue weighted by Crippen LogP contribution is 2.50. The van der Waals surface area contributed by atoms with Gasteiger partial charge in [-0.05, 0) is 39.2 Å². The summed E-state index contributed by atoms with van der Waals surface area (Å²) in [6, 6.07) is 0. The average Bonchev–Trinajstić information content (AvgIpc) is 3.16. The Bertz CT molecular complexity index is 722. The van der Waals surface area contributed by atoms with Crippen LogP contribution in [0.3, 0.4) is 0 Å². The maximum absolute atomic E-state index is 14.9. The highest BCUT2D eigenvalue weighted by molar-refractivity contribution is 7.09. The van der Waals surface area contributed by atoms with Crippen LogP contribution in [-0.2, 0) is 11.3 Å². The van der Waals surface area contributed by atoms with Gasteiger partial charge in [0.1, 0.15) is 0 Å². The Kier molecular flexibility index (Phi) is 4.79. The minimum Gasteiger partial charge on any atom is -0.389 e. The molecule has 27 heavy (non-hydrogen) atoms. The third kappa shape index (κ3) is 3.63. The van der Waals surface area contributed by atoms with Gasteiger partial charge >= 0.3 is 0 Å². The molecule has 0 bridgehead atoms. The largest absolute Gasteiger partial charge is 0.389 e. The molecule has 3 heterocycles. The molecule has 8 heteroatoms. The molecule has 2 aliphatic heterocycles. The second-order valence-electron chi connectivity index (χ2n) is 8.62. The minimum atomic E-state index is -2.77. The monoisotopic (exact) mass is 399 g/mol. The van der Waals surface area contributed by atoms with Crippen LogP contribution in [0.4, 0.5) is 8.78 Å². The molecule has 1 saturated carbocycles. The maximum Gasteiger partial charge on any atom is 0.258 e. The number of thiazole rings is 1. The summed E-state index contributed by atoms with van der Waals surface area (Å²) in [5.74, 6) is -2.95. The SMILES string of the molecule is Cc1nc(CN2CCC3(C2)CN(C(=O)CC2(O)CCC2)CCC3(F)F)cs1. The summed E-state index contributed by atoms with van der Waals surface area (Å²) in [6.45, 7) is 3.56. The van der Waals surface area contributed by atoms with Crippen LogP contribution >= 0.6 is 11.3 Å². The lowest BCUT2D eigenvalue weighted by molar-refractivity contribution is -0.175. The molecule has 5 nitrogen and oxygen atoms in total. The number of hydrogen-bond acceptors (Lipinski definition) is 5. The van der Waals surface area contributed by atoms with Crippen LogP contribution in [0.1, 0.15) is 49.2 Å². The van der Waals surface area contributed by atoms with Crippen molar-refractivity contribution in [2.45, 2.75) is 63.5 Å². The van der Waals surface area contributed by atoms with Gasteiger partial charge in [0.05, 0.1) is 28.1 Å². The molecular weight excluding hydrogens is 372 g/mol. The molecule has 1 atom stereocenters. The van der Waals surface area contributed by atoms with Crippen LogP contribution in [0, 0.1) is 12.3 Å². The van der Waals surface area contributed by atoms with E-state index in [4.69, 9.17) is 0 Å². The maximum atomic E-state index is 14.9. The highest BCUT2D eigenvalue weighted by Gasteiger charge is 2.60. The normalized spacial score (nSPS) is 29.9. The number of rotatable bonds is 4. The molecule has 1 N–H and O–H groups in total. The number of alkyl halides is 2. The summed E-state index contributed by atoms with van der Waals surface area (Å²) in [5.41, 5.74) is -1.17. The van der Waals surface area contributed by atoms with Gasteiger partial charge in [0.25, 0.3) is 5.92 Å². The van der Waals surface area contributed by atoms with Gasteiger partial charge in [-0.15, -0.1) is 11.3 Å². The Morgan fingerprint density at radius 1 is 1.26 bits per heavy atom. The van der Waals surface area contributed by atoms with E-state index in [1.807, 2.05) is 17.2 Å². The fourth-order valence-corrected chi connectivity index (χ4v) is 5.30. The Balaban J connectivity index is 1.44. The third-order valence-corrected chi connectivity index (χ3v) is 7.39. The smallest absolute Gasteiger partial charge is 0.258 e. The van der Waals surface area contributed by atoms with E-state index in [1.54, 1.807) is 16.2 Å². The number of aryl methyl sites for hydroxylation is 1. The number of aromatic nitrogens is 1. The molecule has 1 aromatic heterocycles. The molecule has 4 rings (SSSR count). The minimum absolute atomic E-state index is 0.0659. The van der Waals surface area contributed by atoms with Crippen LogP contribution in [0.5, 0.6) is 0 Å². The van der Waals surface area contributed by atoms with E-state index < -0.39 is 16.9 Å². The lowest BCUT2D eigenvalue weighted by Gasteiger charge is -2.47. The second kappa shape index (κ2) is 6.74. The molecule has 2 saturated heterocycles. The molecule has 3 aliphatic rings. The van der Waals surface area contributed by atoms with Gasteiger partial charge in [-0.3, -0.25) is 9.69 Å². The van der Waals surface area contributed by atoms with Crippen molar-refractivity contribution in [1.82, 2.24) is 14.8 Å². The number of carbonyl (C=O) groups is 1. The van der Waals surface area contributed by atoms with E-state index in [-0.39, 0.29) is 38.4 Å². The molecule has 0 radical (unpaired) electrons. The number of piperidine rings is 1. The third-order valence-electron chi connectivity index (χ3n) is 6.57. The summed E-state index contributed by atoms with van der Waals surface area (Å²) < 4.78 is 29.8. The van der Waals surface area contributed by atoms with Crippen LogP contribution < -0.4 is 0 Å². The summed E-state index contributed by atoms with van der Waals surface area (Å²) in [4.78, 5) is 20.7. The Morgan fingerprint density at radius 3 is 2.67 bits per heavy atom. The fraction of sp³-hybridized carbons (Fsp3) is 0.789. The van der Waals surface area contributed by atoms with Crippen molar-refractivity contribution in [3.05, 3.63) is 16.1 Å². The first-order chi connectivity index (χ1) is 12.7. The van der Waals surface area contributed by atoms with E-state index in [1.165, 1.54) is 0 Å². The lowest BCUT2D eigenvalue weighted by Crippen LogP contribution is -2.59. The van der Waals surface area contributed by atoms with Gasteiger partial charge in [-0.1, -0.05) is 0 Å². The van der Waals surface area contributed by atoms with Crippen LogP contribution in [-0.4, -0.2) is 63.5 Å². The zero-order valence-electron chi connectivity index (χ0n) is 15.7. The van der Waals surface area contributed by atoms with Crippen molar-refractivity contribution in [3.8, 4) is 0 Å². The summed E-state index contributed by atoms with van der Waals surface area (Å²) in [6.07, 6.45) is 2.36. The standard InChI is InChI=1S/C19H27F2N3O2S/c1-14-22-15(11-27-14)10-23-7-5-17(12-23)13-24(8-6-19(17,20)21)16(25)9-18(26)3-2-4-18/h11,26H,2-10,12-13H2,1H3. The molecule has 0 aromatic carbocycles. The molecule has 1 aromatic rings. The van der Waals surface area contributed by atoms with Crippen LogP contribution in [0.25, 0.3) is 0 Å². The number of halogens is 2. The summed E-state index contributed by atoms with van der Waals surface area (Å²) in [5, 5.41) is 13.2. The van der Waals surface area contributed by atoms with Gasteiger partial charge < -0.3 is 10.0 Å². The highest BCUT2D eigenvalue weighted by atomic mass is 32.1. The van der Waals surface area contributed by atoms with Crippen molar-refractivity contribution in [2.75, 3.05) is 26.2 Å². The molecular formula is C19H27F2N3O2S. The zero-order chi connectivity index (χ0) is 19.3. The van der Waals surface area contributed by atoms with E-state index in [0.717, 1.165) is 17.1 Å². The Hall–Kier alpha value is -1.12. The number of hydrogen-bond donors (Lipinski definition) is 1. The van der Waals surface area contributed by atoms with E-state index in [0.29, 0.717) is 32.4 Å². The van der Waals surface area contributed by atoms with Crippen molar-refractivity contribution in [1.29, 1.82) is 0 Å². The molecule has 1 unspecified atom stereocenters. The van der Waals surface area contributed by atoms with Gasteiger partial charge in [0, 0.05) is 38.0 Å². The zero-order valence-corrected chi connectivity index (χ0v) is 16.5. The first-order valence-electron chi connectivity index (χ1n) is 9.72. The Morgan fingerprint density at radius 2 is 2.04 bits per heavy atom. The van der Waals surface area contributed by atoms with Crippen molar-refractivity contribution in [3.63, 3.8) is 0 Å². The number of likely N-dealkylation sites (tertiary alicyclic amines) is 2. The predicted molar refractivity (Wildman–Crippen MR) is 98.7 cm³/mol. The number of aliphatic hydroxyl groups is 1. The Labute approximate surface area is 162 Å². The fourth-order valence-electron chi connectivity index (χ4n) is 4.70. The van der Waals surface area contributed by atoms with E-state index in [9.17, 15) is 18.7 Å². The second-order valence-corrected chi connectivity index (χ2v) is 9.69. The summed E-state index contributed by atoms with van der Waals surface area (Å²) >= 11 is 1.57. The first kappa shape index (κ1) is 19.2. The first-order valence-corrected chi connectivity index (χ1v) is 10.6. The molecule has 3 fully saturated rings. The van der Waals surface area contributed by atoms with E-state index in [2.05, 4.69) is 4.98 Å². The van der Waals surface area contributed by atoms with Gasteiger partial charge in [-0.2, -0.15) is 0 Å². The molecule has 150 valence electrons. The summed E-state index contributed by atoms with van der Waals surface area (Å²) in [7, 11) is 0. The molecule has 1 aliphatic carbocycles. The number of nitrogens with zero attached hydrogens (tertiary/aromatic N) is 3. The number of carbonyl (C=O) groups excluding carboxylic acids is 1. The van der Waals surface area contributed by atoms with Gasteiger partial charge in [-0.25, -0.2) is 13.8 Å². The lowest BCUT2D eigenvalue weighted by atomic mass is 9.74. The van der Waals surface area contributed by atoms with E-state index >= 15 is 0 Å². The molecule has 1 spiro atoms.